The number of halogens is 4. The number of H-pyrrole nitrogens is 1. The van der Waals surface area contributed by atoms with Crippen molar-refractivity contribution in [3.8, 4) is 5.69 Å². The molecule has 0 aliphatic heterocycles. The van der Waals surface area contributed by atoms with Crippen LogP contribution in [0.3, 0.4) is 0 Å². The van der Waals surface area contributed by atoms with Crippen LogP contribution in [0.2, 0.25) is 5.02 Å². The Hall–Kier alpha value is -4.12. The molecule has 2 N–H and O–H groups in total. The lowest BCUT2D eigenvalue weighted by Crippen LogP contribution is -2.21. The number of alkyl halides is 3. The number of ether oxygens (including phenoxy) is 1. The Bertz CT molecular complexity index is 1490. The van der Waals surface area contributed by atoms with Crippen molar-refractivity contribution in [3.63, 3.8) is 0 Å². The average molecular weight is 490 g/mol. The van der Waals surface area contributed by atoms with Crippen molar-refractivity contribution in [2.45, 2.75) is 6.18 Å². The Morgan fingerprint density at radius 2 is 2.00 bits per heavy atom. The zero-order chi connectivity index (χ0) is 24.6. The monoisotopic (exact) mass is 489 g/mol. The van der Waals surface area contributed by atoms with E-state index in [1.807, 2.05) is 0 Å². The first-order chi connectivity index (χ1) is 16.1. The topological polar surface area (TPSA) is 102 Å². The number of carbonyl (C=O) groups excluding carboxylic acids is 1. The molecule has 1 aromatic carbocycles. The number of fused-ring (bicyclic) bond motifs is 1. The van der Waals surface area contributed by atoms with E-state index in [4.69, 9.17) is 16.3 Å². The van der Waals surface area contributed by atoms with E-state index in [1.165, 1.54) is 49.8 Å². The predicted octanol–water partition coefficient (Wildman–Crippen LogP) is 4.65. The van der Waals surface area contributed by atoms with Crippen molar-refractivity contribution in [1.29, 1.82) is 0 Å². The summed E-state index contributed by atoms with van der Waals surface area (Å²) in [6.07, 6.45) is -1.61. The van der Waals surface area contributed by atoms with Crippen LogP contribution in [0.15, 0.2) is 60.3 Å². The molecule has 174 valence electrons. The molecule has 0 fully saturated rings. The van der Waals surface area contributed by atoms with Crippen LogP contribution in [0.25, 0.3) is 22.2 Å². The van der Waals surface area contributed by atoms with Gasteiger partial charge >= 0.3 is 6.18 Å². The quantitative estimate of drug-likeness (QED) is 0.397. The zero-order valence-electron chi connectivity index (χ0n) is 17.4. The van der Waals surface area contributed by atoms with E-state index in [1.54, 1.807) is 0 Å². The first kappa shape index (κ1) is 23.1. The van der Waals surface area contributed by atoms with E-state index in [9.17, 15) is 22.8 Å². The molecule has 0 bridgehead atoms. The number of nitrogens with zero attached hydrogens (tertiary/aromatic N) is 3. The molecule has 0 aliphatic carbocycles. The number of carbonyl (C=O) groups is 1. The number of aromatic nitrogens is 4. The molecule has 0 saturated carbocycles. The van der Waals surface area contributed by atoms with Crippen LogP contribution in [0, 0.1) is 0 Å². The summed E-state index contributed by atoms with van der Waals surface area (Å²) in [7, 11) is 1.37. The van der Waals surface area contributed by atoms with Crippen LogP contribution in [0.1, 0.15) is 21.7 Å². The standard InChI is InChI=1S/C22H15ClF3N5O3/c1-11(34-2)18-16(23)8-12(9-28-18)30-21(33)15-10-29-31(19(15)22(24,25)26)17-5-3-4-14-13(17)6-7-27-20(14)32/h3-10H,1H2,2H3,(H,27,32)(H,30,33). The van der Waals surface area contributed by atoms with Gasteiger partial charge in [0.05, 0.1) is 41.5 Å². The van der Waals surface area contributed by atoms with Gasteiger partial charge in [-0.2, -0.15) is 18.3 Å². The number of aromatic amines is 1. The number of hydrogen-bond acceptors (Lipinski definition) is 5. The molecule has 8 nitrogen and oxygen atoms in total. The van der Waals surface area contributed by atoms with E-state index < -0.39 is 28.9 Å². The van der Waals surface area contributed by atoms with E-state index >= 15 is 0 Å². The molecule has 12 heteroatoms. The summed E-state index contributed by atoms with van der Waals surface area (Å²) < 4.78 is 47.8. The van der Waals surface area contributed by atoms with Crippen molar-refractivity contribution in [2.24, 2.45) is 0 Å². The molecular formula is C22H15ClF3N5O3. The Kier molecular flexibility index (Phi) is 5.88. The van der Waals surface area contributed by atoms with E-state index in [2.05, 4.69) is 27.0 Å². The normalized spacial score (nSPS) is 11.4. The van der Waals surface area contributed by atoms with Crippen LogP contribution in [-0.2, 0) is 10.9 Å². The van der Waals surface area contributed by atoms with Crippen molar-refractivity contribution in [2.75, 3.05) is 12.4 Å². The Morgan fingerprint density at radius 1 is 1.24 bits per heavy atom. The van der Waals surface area contributed by atoms with Gasteiger partial charge in [-0.1, -0.05) is 24.2 Å². The minimum Gasteiger partial charge on any atom is -0.495 e. The highest BCUT2D eigenvalue weighted by molar-refractivity contribution is 6.32. The third kappa shape index (κ3) is 4.13. The maximum Gasteiger partial charge on any atom is 0.434 e. The second-order valence-electron chi connectivity index (χ2n) is 7.00. The van der Waals surface area contributed by atoms with Crippen LogP contribution in [-0.4, -0.2) is 32.8 Å². The third-order valence-electron chi connectivity index (χ3n) is 4.91. The largest absolute Gasteiger partial charge is 0.495 e. The van der Waals surface area contributed by atoms with Crippen molar-refractivity contribution in [1.82, 2.24) is 19.7 Å². The van der Waals surface area contributed by atoms with Gasteiger partial charge in [-0.15, -0.1) is 0 Å². The number of anilines is 1. The van der Waals surface area contributed by atoms with Crippen molar-refractivity contribution in [3.05, 3.63) is 87.8 Å². The van der Waals surface area contributed by atoms with Gasteiger partial charge in [0.25, 0.3) is 11.5 Å². The van der Waals surface area contributed by atoms with Crippen LogP contribution < -0.4 is 10.9 Å². The van der Waals surface area contributed by atoms with E-state index in [0.29, 0.717) is 4.68 Å². The summed E-state index contributed by atoms with van der Waals surface area (Å²) >= 11 is 6.11. The minimum atomic E-state index is -4.94. The molecule has 4 aromatic rings. The summed E-state index contributed by atoms with van der Waals surface area (Å²) in [6.45, 7) is 3.63. The Balaban J connectivity index is 1.77. The van der Waals surface area contributed by atoms with Gasteiger partial charge in [0, 0.05) is 17.0 Å². The molecule has 3 heterocycles. The highest BCUT2D eigenvalue weighted by Gasteiger charge is 2.41. The van der Waals surface area contributed by atoms with E-state index in [0.717, 1.165) is 6.20 Å². The summed E-state index contributed by atoms with van der Waals surface area (Å²) in [5, 5.41) is 6.65. The van der Waals surface area contributed by atoms with Gasteiger partial charge in [0.1, 0.15) is 11.5 Å². The summed E-state index contributed by atoms with van der Waals surface area (Å²) in [5.74, 6) is -0.898. The molecule has 1 amide bonds. The van der Waals surface area contributed by atoms with E-state index in [-0.39, 0.29) is 38.6 Å². The number of amides is 1. The lowest BCUT2D eigenvalue weighted by Gasteiger charge is -2.14. The first-order valence-electron chi connectivity index (χ1n) is 9.58. The molecule has 0 saturated heterocycles. The SMILES string of the molecule is C=C(OC)c1ncc(NC(=O)c2cnn(-c3cccc4c(=O)[nH]ccc34)c2C(F)(F)F)cc1Cl. The first-order valence-corrected chi connectivity index (χ1v) is 9.95. The molecule has 0 spiro atoms. The molecule has 34 heavy (non-hydrogen) atoms. The highest BCUT2D eigenvalue weighted by Crippen LogP contribution is 2.35. The number of benzene rings is 1. The Morgan fingerprint density at radius 3 is 2.68 bits per heavy atom. The van der Waals surface area contributed by atoms with Gasteiger partial charge in [-0.05, 0) is 24.3 Å². The zero-order valence-corrected chi connectivity index (χ0v) is 18.2. The second-order valence-corrected chi connectivity index (χ2v) is 7.40. The van der Waals surface area contributed by atoms with Crippen molar-refractivity contribution >= 4 is 39.7 Å². The fourth-order valence-corrected chi connectivity index (χ4v) is 3.64. The molecule has 0 aliphatic rings. The molecule has 0 radical (unpaired) electrons. The summed E-state index contributed by atoms with van der Waals surface area (Å²) in [5.41, 5.74) is -2.24. The number of nitrogens with one attached hydrogen (secondary N) is 2. The lowest BCUT2D eigenvalue weighted by atomic mass is 10.1. The van der Waals surface area contributed by atoms with Gasteiger partial charge in [0.2, 0.25) is 0 Å². The predicted molar refractivity (Wildman–Crippen MR) is 120 cm³/mol. The fourth-order valence-electron chi connectivity index (χ4n) is 3.37. The number of hydrogen-bond donors (Lipinski definition) is 2. The molecule has 3 aromatic heterocycles. The maximum absolute atomic E-state index is 14.1. The lowest BCUT2D eigenvalue weighted by molar-refractivity contribution is -0.143. The average Bonchev–Trinajstić information content (AvgIpc) is 3.24. The summed E-state index contributed by atoms with van der Waals surface area (Å²) in [6, 6.07) is 7.03. The van der Waals surface area contributed by atoms with Gasteiger partial charge in [-0.3, -0.25) is 9.59 Å². The molecular weight excluding hydrogens is 475 g/mol. The maximum atomic E-state index is 14.1. The number of pyridine rings is 2. The molecule has 0 unspecified atom stereocenters. The number of methoxy groups -OCH3 is 1. The van der Waals surface area contributed by atoms with Crippen LogP contribution in [0.4, 0.5) is 18.9 Å². The highest BCUT2D eigenvalue weighted by atomic mass is 35.5. The van der Waals surface area contributed by atoms with Crippen LogP contribution >= 0.6 is 11.6 Å². The fraction of sp³-hybridized carbons (Fsp3) is 0.0909. The van der Waals surface area contributed by atoms with Crippen molar-refractivity contribution < 1.29 is 22.7 Å². The smallest absolute Gasteiger partial charge is 0.434 e. The van der Waals surface area contributed by atoms with Gasteiger partial charge in [-0.25, -0.2) is 9.67 Å². The van der Waals surface area contributed by atoms with Crippen LogP contribution in [0.5, 0.6) is 0 Å². The second kappa shape index (κ2) is 8.67. The summed E-state index contributed by atoms with van der Waals surface area (Å²) in [4.78, 5) is 31.4. The molecule has 0 atom stereocenters. The Labute approximate surface area is 194 Å². The minimum absolute atomic E-state index is 0.0119. The van der Waals surface area contributed by atoms with Gasteiger partial charge in [0.15, 0.2) is 5.69 Å². The molecule has 4 rings (SSSR count). The van der Waals surface area contributed by atoms with Gasteiger partial charge < -0.3 is 15.0 Å². The number of rotatable bonds is 5. The third-order valence-corrected chi connectivity index (χ3v) is 5.20.